The first kappa shape index (κ1) is 16.0. The maximum atomic E-state index is 13.6. The van der Waals surface area contributed by atoms with Crippen molar-refractivity contribution in [3.63, 3.8) is 0 Å². The van der Waals surface area contributed by atoms with Crippen LogP contribution in [0.5, 0.6) is 5.75 Å². The van der Waals surface area contributed by atoms with Crippen molar-refractivity contribution in [2.45, 2.75) is 13.0 Å². The first-order valence-electron chi connectivity index (χ1n) is 6.26. The van der Waals surface area contributed by atoms with E-state index < -0.39 is 11.6 Å². The van der Waals surface area contributed by atoms with E-state index in [1.54, 1.807) is 6.07 Å². The van der Waals surface area contributed by atoms with Gasteiger partial charge in [-0.1, -0.05) is 29.3 Å². The van der Waals surface area contributed by atoms with Crippen LogP contribution in [0, 0.1) is 11.6 Å². The first-order chi connectivity index (χ1) is 10.0. The minimum atomic E-state index is -0.666. The number of hydrogen-bond acceptors (Lipinski definition) is 2. The topological polar surface area (TPSA) is 35.2 Å². The standard InChI is InChI=1S/C15H13Cl2F2NO/c16-10-6-9(4-5-20)15(12(17)7-10)21-8-11-13(18)2-1-3-14(11)19/h1-3,6-7H,4-5,8,20H2. The van der Waals surface area contributed by atoms with Crippen molar-refractivity contribution >= 4 is 23.2 Å². The zero-order valence-corrected chi connectivity index (χ0v) is 12.5. The van der Waals surface area contributed by atoms with Crippen LogP contribution in [0.15, 0.2) is 30.3 Å². The number of nitrogens with two attached hydrogens (primary N) is 1. The molecular formula is C15H13Cl2F2NO. The van der Waals surface area contributed by atoms with Crippen LogP contribution in [0.4, 0.5) is 8.78 Å². The van der Waals surface area contributed by atoms with Crippen molar-refractivity contribution in [3.05, 3.63) is 63.1 Å². The van der Waals surface area contributed by atoms with Crippen molar-refractivity contribution in [1.82, 2.24) is 0 Å². The molecule has 0 aliphatic heterocycles. The van der Waals surface area contributed by atoms with Gasteiger partial charge in [-0.3, -0.25) is 0 Å². The monoisotopic (exact) mass is 331 g/mol. The Bertz CT molecular complexity index is 630. The molecule has 0 unspecified atom stereocenters. The normalized spacial score (nSPS) is 10.7. The average molecular weight is 332 g/mol. The van der Waals surface area contributed by atoms with E-state index in [0.29, 0.717) is 29.3 Å². The SMILES string of the molecule is NCCc1cc(Cl)cc(Cl)c1OCc1c(F)cccc1F. The van der Waals surface area contributed by atoms with Crippen molar-refractivity contribution in [3.8, 4) is 5.75 Å². The fraction of sp³-hybridized carbons (Fsp3) is 0.200. The lowest BCUT2D eigenvalue weighted by molar-refractivity contribution is 0.290. The Morgan fingerprint density at radius 2 is 1.76 bits per heavy atom. The zero-order chi connectivity index (χ0) is 15.4. The fourth-order valence-corrected chi connectivity index (χ4v) is 2.52. The largest absolute Gasteiger partial charge is 0.487 e. The van der Waals surface area contributed by atoms with Crippen LogP contribution in [0.3, 0.4) is 0 Å². The van der Waals surface area contributed by atoms with Crippen LogP contribution in [-0.2, 0) is 13.0 Å². The third-order valence-corrected chi connectivity index (χ3v) is 3.42. The van der Waals surface area contributed by atoms with E-state index in [1.807, 2.05) is 0 Å². The van der Waals surface area contributed by atoms with Crippen LogP contribution in [-0.4, -0.2) is 6.54 Å². The minimum Gasteiger partial charge on any atom is -0.487 e. The van der Waals surface area contributed by atoms with E-state index in [0.717, 1.165) is 0 Å². The number of halogens is 4. The molecule has 2 N–H and O–H groups in total. The molecule has 0 saturated carbocycles. The van der Waals surface area contributed by atoms with Gasteiger partial charge in [0.15, 0.2) is 0 Å². The van der Waals surface area contributed by atoms with Gasteiger partial charge in [0, 0.05) is 5.02 Å². The summed E-state index contributed by atoms with van der Waals surface area (Å²) in [7, 11) is 0. The lowest BCUT2D eigenvalue weighted by Crippen LogP contribution is -2.07. The Balaban J connectivity index is 2.27. The summed E-state index contributed by atoms with van der Waals surface area (Å²) in [5.74, 6) is -0.991. The third-order valence-electron chi connectivity index (χ3n) is 2.92. The first-order valence-corrected chi connectivity index (χ1v) is 7.02. The molecule has 0 fully saturated rings. The van der Waals surface area contributed by atoms with Crippen molar-refractivity contribution in [2.75, 3.05) is 6.54 Å². The van der Waals surface area contributed by atoms with Crippen LogP contribution in [0.2, 0.25) is 10.0 Å². The minimum absolute atomic E-state index is 0.151. The molecule has 112 valence electrons. The van der Waals surface area contributed by atoms with Gasteiger partial charge < -0.3 is 10.5 Å². The molecule has 0 bridgehead atoms. The third kappa shape index (κ3) is 3.84. The Labute approximate surface area is 131 Å². The zero-order valence-electron chi connectivity index (χ0n) is 11.0. The maximum absolute atomic E-state index is 13.6. The molecule has 0 aromatic heterocycles. The molecule has 21 heavy (non-hydrogen) atoms. The number of rotatable bonds is 5. The molecular weight excluding hydrogens is 319 g/mol. The van der Waals surface area contributed by atoms with Crippen LogP contribution >= 0.6 is 23.2 Å². The van der Waals surface area contributed by atoms with Gasteiger partial charge >= 0.3 is 0 Å². The molecule has 0 amide bonds. The highest BCUT2D eigenvalue weighted by atomic mass is 35.5. The summed E-state index contributed by atoms with van der Waals surface area (Å²) in [6.07, 6.45) is 0.495. The highest BCUT2D eigenvalue weighted by Gasteiger charge is 2.14. The van der Waals surface area contributed by atoms with E-state index in [1.165, 1.54) is 24.3 Å². The average Bonchev–Trinajstić information content (AvgIpc) is 2.40. The van der Waals surface area contributed by atoms with E-state index in [2.05, 4.69) is 0 Å². The number of hydrogen-bond donors (Lipinski definition) is 1. The second kappa shape index (κ2) is 7.07. The lowest BCUT2D eigenvalue weighted by Gasteiger charge is -2.14. The summed E-state index contributed by atoms with van der Waals surface area (Å²) in [5, 5.41) is 0.732. The molecule has 2 aromatic carbocycles. The highest BCUT2D eigenvalue weighted by Crippen LogP contribution is 2.33. The summed E-state index contributed by atoms with van der Waals surface area (Å²) in [6.45, 7) is 0.110. The van der Waals surface area contributed by atoms with Gasteiger partial charge in [0.2, 0.25) is 0 Å². The lowest BCUT2D eigenvalue weighted by atomic mass is 10.1. The van der Waals surface area contributed by atoms with Gasteiger partial charge in [-0.05, 0) is 42.8 Å². The summed E-state index contributed by atoms with van der Waals surface area (Å²) in [4.78, 5) is 0. The van der Waals surface area contributed by atoms with Gasteiger partial charge in [-0.2, -0.15) is 0 Å². The number of ether oxygens (including phenoxy) is 1. The predicted octanol–water partition coefficient (Wildman–Crippen LogP) is 4.35. The van der Waals surface area contributed by atoms with Crippen molar-refractivity contribution in [1.29, 1.82) is 0 Å². The Morgan fingerprint density at radius 1 is 1.10 bits per heavy atom. The van der Waals surface area contributed by atoms with E-state index >= 15 is 0 Å². The second-order valence-electron chi connectivity index (χ2n) is 4.40. The van der Waals surface area contributed by atoms with Crippen molar-refractivity contribution < 1.29 is 13.5 Å². The van der Waals surface area contributed by atoms with Gasteiger partial charge in [-0.25, -0.2) is 8.78 Å². The van der Waals surface area contributed by atoms with E-state index in [9.17, 15) is 8.78 Å². The molecule has 0 spiro atoms. The quantitative estimate of drug-likeness (QED) is 0.883. The summed E-state index contributed by atoms with van der Waals surface area (Å²) in [5.41, 5.74) is 6.07. The number of benzene rings is 2. The predicted molar refractivity (Wildman–Crippen MR) is 79.9 cm³/mol. The molecule has 2 aromatic rings. The molecule has 0 saturated heterocycles. The molecule has 6 heteroatoms. The van der Waals surface area contributed by atoms with Crippen molar-refractivity contribution in [2.24, 2.45) is 5.73 Å². The Morgan fingerprint density at radius 3 is 2.38 bits per heavy atom. The maximum Gasteiger partial charge on any atom is 0.141 e. The summed E-state index contributed by atoms with van der Waals surface area (Å²) < 4.78 is 32.6. The van der Waals surface area contributed by atoms with Crippen LogP contribution < -0.4 is 10.5 Å². The Hall–Kier alpha value is -1.36. The molecule has 2 rings (SSSR count). The van der Waals surface area contributed by atoms with Gasteiger partial charge in [0.25, 0.3) is 0 Å². The van der Waals surface area contributed by atoms with Crippen LogP contribution in [0.1, 0.15) is 11.1 Å². The van der Waals surface area contributed by atoms with Crippen LogP contribution in [0.25, 0.3) is 0 Å². The molecule has 0 aliphatic rings. The van der Waals surface area contributed by atoms with Gasteiger partial charge in [0.05, 0.1) is 10.6 Å². The highest BCUT2D eigenvalue weighted by molar-refractivity contribution is 6.35. The second-order valence-corrected chi connectivity index (χ2v) is 5.25. The fourth-order valence-electron chi connectivity index (χ4n) is 1.93. The molecule has 0 aliphatic carbocycles. The van der Waals surface area contributed by atoms with Gasteiger partial charge in [0.1, 0.15) is 24.0 Å². The molecule has 0 atom stereocenters. The van der Waals surface area contributed by atoms with Gasteiger partial charge in [-0.15, -0.1) is 0 Å². The summed E-state index contributed by atoms with van der Waals surface area (Å²) in [6, 6.07) is 6.82. The smallest absolute Gasteiger partial charge is 0.141 e. The van der Waals surface area contributed by atoms with E-state index in [-0.39, 0.29) is 17.2 Å². The molecule has 0 radical (unpaired) electrons. The van der Waals surface area contributed by atoms with E-state index in [4.69, 9.17) is 33.7 Å². The summed E-state index contributed by atoms with van der Waals surface area (Å²) >= 11 is 12.0. The Kier molecular flexibility index (Phi) is 5.39. The molecule has 2 nitrogen and oxygen atoms in total. The molecule has 0 heterocycles.